The molecule has 19 heavy (non-hydrogen) atoms. The number of nitrogens with two attached hydrogens (primary N) is 1. The van der Waals surface area contributed by atoms with E-state index in [0.29, 0.717) is 31.6 Å². The van der Waals surface area contributed by atoms with Crippen molar-refractivity contribution in [2.75, 3.05) is 62.7 Å². The maximum Gasteiger partial charge on any atom is 0.243 e. The molecule has 1 aromatic rings. The van der Waals surface area contributed by atoms with Crippen LogP contribution in [0, 0.1) is 0 Å². The molecular formula is C10H21N7O2. The Morgan fingerprint density at radius 2 is 1.89 bits per heavy atom. The lowest BCUT2D eigenvalue weighted by atomic mass is 10.5. The third kappa shape index (κ3) is 4.47. The van der Waals surface area contributed by atoms with Crippen LogP contribution in [0.2, 0.25) is 0 Å². The molecule has 0 saturated heterocycles. The number of hydrogen-bond acceptors (Lipinski definition) is 9. The van der Waals surface area contributed by atoms with Crippen molar-refractivity contribution in [1.29, 1.82) is 0 Å². The maximum absolute atomic E-state index is 9.10. The Labute approximate surface area is 112 Å². The summed E-state index contributed by atoms with van der Waals surface area (Å²) in [6.45, 7) is 1.48. The van der Waals surface area contributed by atoms with Gasteiger partial charge < -0.3 is 19.6 Å². The SMILES string of the molecule is COCCN(CCO)c1nc(NN)nc(N(C)C)n1. The van der Waals surface area contributed by atoms with Gasteiger partial charge in [-0.3, -0.25) is 5.43 Å². The second-order valence-corrected chi connectivity index (χ2v) is 4.00. The average Bonchev–Trinajstić information content (AvgIpc) is 2.42. The van der Waals surface area contributed by atoms with Crippen LogP contribution in [-0.2, 0) is 4.74 Å². The van der Waals surface area contributed by atoms with E-state index in [0.717, 1.165) is 0 Å². The number of methoxy groups -OCH3 is 1. The lowest BCUT2D eigenvalue weighted by Gasteiger charge is -2.22. The summed E-state index contributed by atoms with van der Waals surface area (Å²) in [5.41, 5.74) is 2.41. The van der Waals surface area contributed by atoms with Crippen LogP contribution in [0.15, 0.2) is 0 Å². The molecular weight excluding hydrogens is 250 g/mol. The van der Waals surface area contributed by atoms with Crippen LogP contribution in [-0.4, -0.2) is 67.6 Å². The topological polar surface area (TPSA) is 113 Å². The van der Waals surface area contributed by atoms with Gasteiger partial charge in [-0.1, -0.05) is 0 Å². The molecule has 0 unspecified atom stereocenters. The summed E-state index contributed by atoms with van der Waals surface area (Å²) in [4.78, 5) is 16.2. The van der Waals surface area contributed by atoms with Crippen LogP contribution in [0.1, 0.15) is 0 Å². The summed E-state index contributed by atoms with van der Waals surface area (Å²) in [5.74, 6) is 6.55. The molecule has 1 heterocycles. The molecule has 9 nitrogen and oxygen atoms in total. The molecule has 4 N–H and O–H groups in total. The van der Waals surface area contributed by atoms with Gasteiger partial charge in [-0.15, -0.1) is 0 Å². The minimum absolute atomic E-state index is 0.00190. The predicted octanol–water partition coefficient (Wildman–Crippen LogP) is -1.33. The van der Waals surface area contributed by atoms with Gasteiger partial charge in [0, 0.05) is 34.3 Å². The predicted molar refractivity (Wildman–Crippen MR) is 73.1 cm³/mol. The number of rotatable bonds is 8. The molecule has 0 aliphatic rings. The Kier molecular flexibility index (Phi) is 6.19. The second-order valence-electron chi connectivity index (χ2n) is 4.00. The fourth-order valence-electron chi connectivity index (χ4n) is 1.39. The molecule has 0 bridgehead atoms. The van der Waals surface area contributed by atoms with Crippen LogP contribution >= 0.6 is 0 Å². The lowest BCUT2D eigenvalue weighted by Crippen LogP contribution is -2.33. The first-order valence-electron chi connectivity index (χ1n) is 5.87. The number of nitrogen functional groups attached to an aromatic ring is 1. The van der Waals surface area contributed by atoms with Crippen molar-refractivity contribution in [1.82, 2.24) is 15.0 Å². The Morgan fingerprint density at radius 3 is 2.42 bits per heavy atom. The molecule has 1 aromatic heterocycles. The molecule has 0 radical (unpaired) electrons. The number of aromatic nitrogens is 3. The Morgan fingerprint density at radius 1 is 1.21 bits per heavy atom. The van der Waals surface area contributed by atoms with Crippen LogP contribution in [0.5, 0.6) is 0 Å². The van der Waals surface area contributed by atoms with Gasteiger partial charge >= 0.3 is 0 Å². The van der Waals surface area contributed by atoms with Crippen molar-refractivity contribution >= 4 is 17.8 Å². The van der Waals surface area contributed by atoms with Crippen molar-refractivity contribution in [3.8, 4) is 0 Å². The van der Waals surface area contributed by atoms with Gasteiger partial charge in [0.25, 0.3) is 0 Å². The molecule has 108 valence electrons. The Balaban J connectivity index is 3.02. The zero-order valence-corrected chi connectivity index (χ0v) is 11.5. The average molecular weight is 271 g/mol. The molecule has 0 atom stereocenters. The smallest absolute Gasteiger partial charge is 0.243 e. The van der Waals surface area contributed by atoms with E-state index in [1.807, 2.05) is 14.1 Å². The van der Waals surface area contributed by atoms with Crippen LogP contribution < -0.4 is 21.1 Å². The van der Waals surface area contributed by atoms with E-state index < -0.39 is 0 Å². The van der Waals surface area contributed by atoms with Crippen LogP contribution in [0.3, 0.4) is 0 Å². The normalized spacial score (nSPS) is 10.4. The summed E-state index contributed by atoms with van der Waals surface area (Å²) in [5, 5.41) is 9.10. The first kappa shape index (κ1) is 15.3. The number of nitrogens with one attached hydrogen (secondary N) is 1. The van der Waals surface area contributed by atoms with Crippen molar-refractivity contribution in [2.45, 2.75) is 0 Å². The molecule has 0 aliphatic carbocycles. The zero-order chi connectivity index (χ0) is 14.3. The maximum atomic E-state index is 9.10. The van der Waals surface area contributed by atoms with Gasteiger partial charge in [-0.05, 0) is 0 Å². The molecule has 0 amide bonds. The Bertz CT molecular complexity index is 388. The summed E-state index contributed by atoms with van der Waals surface area (Å²) in [7, 11) is 5.26. The second kappa shape index (κ2) is 7.67. The largest absolute Gasteiger partial charge is 0.395 e. The number of aliphatic hydroxyl groups excluding tert-OH is 1. The van der Waals surface area contributed by atoms with E-state index in [9.17, 15) is 0 Å². The fraction of sp³-hybridized carbons (Fsp3) is 0.700. The van der Waals surface area contributed by atoms with E-state index in [-0.39, 0.29) is 12.6 Å². The number of anilines is 3. The molecule has 0 spiro atoms. The summed E-state index contributed by atoms with van der Waals surface area (Å²) in [6.07, 6.45) is 0. The number of hydrazine groups is 1. The van der Waals surface area contributed by atoms with Crippen molar-refractivity contribution < 1.29 is 9.84 Å². The number of ether oxygens (including phenoxy) is 1. The standard InChI is InChI=1S/C10H21N7O2/c1-16(2)9-12-8(15-11)13-10(14-9)17(4-6-18)5-7-19-3/h18H,4-7,11H2,1-3H3,(H,12,13,14,15). The zero-order valence-electron chi connectivity index (χ0n) is 11.5. The highest BCUT2D eigenvalue weighted by atomic mass is 16.5. The number of hydrogen-bond donors (Lipinski definition) is 3. The summed E-state index contributed by atoms with van der Waals surface area (Å²) < 4.78 is 5.03. The van der Waals surface area contributed by atoms with Gasteiger partial charge in [0.15, 0.2) is 0 Å². The quantitative estimate of drug-likeness (QED) is 0.391. The van der Waals surface area contributed by atoms with E-state index in [2.05, 4.69) is 20.4 Å². The van der Waals surface area contributed by atoms with Crippen molar-refractivity contribution in [3.63, 3.8) is 0 Å². The first-order chi connectivity index (χ1) is 9.12. The number of aliphatic hydroxyl groups is 1. The summed E-state index contributed by atoms with van der Waals surface area (Å²) in [6, 6.07) is 0. The summed E-state index contributed by atoms with van der Waals surface area (Å²) >= 11 is 0. The third-order valence-electron chi connectivity index (χ3n) is 2.36. The van der Waals surface area contributed by atoms with Gasteiger partial charge in [0.2, 0.25) is 17.8 Å². The molecule has 0 aliphatic heterocycles. The molecule has 1 rings (SSSR count). The highest BCUT2D eigenvalue weighted by Crippen LogP contribution is 2.14. The van der Waals surface area contributed by atoms with Crippen LogP contribution in [0.4, 0.5) is 17.8 Å². The molecule has 0 saturated carbocycles. The highest BCUT2D eigenvalue weighted by molar-refractivity contribution is 5.44. The molecule has 0 aromatic carbocycles. The van der Waals surface area contributed by atoms with E-state index in [1.54, 1.807) is 16.9 Å². The lowest BCUT2D eigenvalue weighted by molar-refractivity contribution is 0.202. The van der Waals surface area contributed by atoms with Crippen LogP contribution in [0.25, 0.3) is 0 Å². The number of nitrogens with zero attached hydrogens (tertiary/aromatic N) is 5. The van der Waals surface area contributed by atoms with E-state index in [4.69, 9.17) is 15.7 Å². The minimum atomic E-state index is -0.00190. The third-order valence-corrected chi connectivity index (χ3v) is 2.36. The minimum Gasteiger partial charge on any atom is -0.395 e. The molecule has 9 heteroatoms. The van der Waals surface area contributed by atoms with Gasteiger partial charge in [-0.25, -0.2) is 5.84 Å². The van der Waals surface area contributed by atoms with E-state index in [1.165, 1.54) is 0 Å². The Hall–Kier alpha value is -1.71. The van der Waals surface area contributed by atoms with Gasteiger partial charge in [0.05, 0.1) is 13.2 Å². The fourth-order valence-corrected chi connectivity index (χ4v) is 1.39. The van der Waals surface area contributed by atoms with E-state index >= 15 is 0 Å². The van der Waals surface area contributed by atoms with Crippen molar-refractivity contribution in [2.24, 2.45) is 5.84 Å². The highest BCUT2D eigenvalue weighted by Gasteiger charge is 2.13. The first-order valence-corrected chi connectivity index (χ1v) is 5.87. The molecule has 0 fully saturated rings. The monoisotopic (exact) mass is 271 g/mol. The van der Waals surface area contributed by atoms with Crippen molar-refractivity contribution in [3.05, 3.63) is 0 Å². The van der Waals surface area contributed by atoms with Gasteiger partial charge in [0.1, 0.15) is 0 Å². The van der Waals surface area contributed by atoms with Gasteiger partial charge in [-0.2, -0.15) is 15.0 Å².